The minimum absolute atomic E-state index is 0.167. The Balaban J connectivity index is 2.61. The molecule has 2 rings (SSSR count). The van der Waals surface area contributed by atoms with Gasteiger partial charge in [0, 0.05) is 10.6 Å². The fourth-order valence-corrected chi connectivity index (χ4v) is 2.22. The number of hydrogen-bond acceptors (Lipinski definition) is 3. The SMILES string of the molecule is COc1cccc(OC)c1C(=O)c1cc(Cl)ccc1C. The van der Waals surface area contributed by atoms with E-state index in [1.807, 2.05) is 13.0 Å². The van der Waals surface area contributed by atoms with E-state index in [-0.39, 0.29) is 5.78 Å². The van der Waals surface area contributed by atoms with Crippen LogP contribution in [0.25, 0.3) is 0 Å². The van der Waals surface area contributed by atoms with E-state index in [9.17, 15) is 4.79 Å². The Kier molecular flexibility index (Phi) is 4.30. The molecule has 0 aliphatic rings. The number of benzene rings is 2. The molecule has 104 valence electrons. The Morgan fingerprint density at radius 2 is 1.65 bits per heavy atom. The summed E-state index contributed by atoms with van der Waals surface area (Å²) in [5.74, 6) is 0.793. The van der Waals surface area contributed by atoms with Gasteiger partial charge in [-0.25, -0.2) is 0 Å². The number of carbonyl (C=O) groups is 1. The molecule has 0 fully saturated rings. The van der Waals surface area contributed by atoms with Gasteiger partial charge in [0.1, 0.15) is 17.1 Å². The van der Waals surface area contributed by atoms with Crippen LogP contribution in [0.1, 0.15) is 21.5 Å². The molecule has 4 heteroatoms. The van der Waals surface area contributed by atoms with Crippen molar-refractivity contribution in [2.75, 3.05) is 14.2 Å². The summed E-state index contributed by atoms with van der Waals surface area (Å²) in [6, 6.07) is 10.5. The number of hydrogen-bond donors (Lipinski definition) is 0. The lowest BCUT2D eigenvalue weighted by atomic mass is 9.97. The molecule has 0 unspecified atom stereocenters. The quantitative estimate of drug-likeness (QED) is 0.801. The first-order valence-electron chi connectivity index (χ1n) is 6.10. The molecular formula is C16H15ClO3. The van der Waals surface area contributed by atoms with E-state index in [1.54, 1.807) is 30.3 Å². The standard InChI is InChI=1S/C16H15ClO3/c1-10-7-8-11(17)9-12(10)16(18)15-13(19-2)5-4-6-14(15)20-3/h4-9H,1-3H3. The Bertz CT molecular complexity index is 628. The summed E-state index contributed by atoms with van der Waals surface area (Å²) in [7, 11) is 3.05. The summed E-state index contributed by atoms with van der Waals surface area (Å²) in [5.41, 5.74) is 1.80. The number of rotatable bonds is 4. The van der Waals surface area contributed by atoms with Gasteiger partial charge in [0.25, 0.3) is 0 Å². The van der Waals surface area contributed by atoms with Gasteiger partial charge in [0.2, 0.25) is 5.78 Å². The van der Waals surface area contributed by atoms with E-state index in [4.69, 9.17) is 21.1 Å². The summed E-state index contributed by atoms with van der Waals surface area (Å²) in [6.45, 7) is 1.87. The molecule has 3 nitrogen and oxygen atoms in total. The monoisotopic (exact) mass is 290 g/mol. The minimum Gasteiger partial charge on any atom is -0.496 e. The molecule has 0 spiro atoms. The highest BCUT2D eigenvalue weighted by molar-refractivity contribution is 6.31. The maximum absolute atomic E-state index is 12.8. The van der Waals surface area contributed by atoms with Crippen LogP contribution in [0, 0.1) is 6.92 Å². The summed E-state index contributed by atoms with van der Waals surface area (Å²) < 4.78 is 10.5. The van der Waals surface area contributed by atoms with Crippen molar-refractivity contribution < 1.29 is 14.3 Å². The first-order valence-corrected chi connectivity index (χ1v) is 6.48. The molecule has 0 bridgehead atoms. The molecule has 2 aromatic carbocycles. The zero-order valence-electron chi connectivity index (χ0n) is 11.6. The zero-order chi connectivity index (χ0) is 14.7. The van der Waals surface area contributed by atoms with Crippen LogP contribution >= 0.6 is 11.6 Å². The molecule has 0 heterocycles. The molecule has 0 saturated heterocycles. The van der Waals surface area contributed by atoms with Crippen LogP contribution in [0.5, 0.6) is 11.5 Å². The van der Waals surface area contributed by atoms with Gasteiger partial charge in [-0.3, -0.25) is 4.79 Å². The number of carbonyl (C=O) groups excluding carboxylic acids is 1. The van der Waals surface area contributed by atoms with Crippen molar-refractivity contribution in [3.63, 3.8) is 0 Å². The number of halogens is 1. The van der Waals surface area contributed by atoms with Gasteiger partial charge in [-0.15, -0.1) is 0 Å². The Labute approximate surface area is 123 Å². The minimum atomic E-state index is -0.167. The molecule has 0 radical (unpaired) electrons. The van der Waals surface area contributed by atoms with Crippen molar-refractivity contribution in [1.29, 1.82) is 0 Å². The van der Waals surface area contributed by atoms with E-state index < -0.39 is 0 Å². The molecular weight excluding hydrogens is 276 g/mol. The third-order valence-electron chi connectivity index (χ3n) is 3.10. The lowest BCUT2D eigenvalue weighted by molar-refractivity contribution is 0.103. The molecule has 0 saturated carbocycles. The second-order valence-electron chi connectivity index (χ2n) is 4.33. The second kappa shape index (κ2) is 5.97. The van der Waals surface area contributed by atoms with Crippen LogP contribution in [0.4, 0.5) is 0 Å². The van der Waals surface area contributed by atoms with Gasteiger partial charge in [0.05, 0.1) is 14.2 Å². The van der Waals surface area contributed by atoms with Crippen LogP contribution in [0.15, 0.2) is 36.4 Å². The Hall–Kier alpha value is -2.00. The predicted molar refractivity (Wildman–Crippen MR) is 79.2 cm³/mol. The fraction of sp³-hybridized carbons (Fsp3) is 0.188. The van der Waals surface area contributed by atoms with Crippen molar-refractivity contribution in [1.82, 2.24) is 0 Å². The van der Waals surface area contributed by atoms with Gasteiger partial charge in [-0.2, -0.15) is 0 Å². The van der Waals surface area contributed by atoms with Crippen LogP contribution < -0.4 is 9.47 Å². The van der Waals surface area contributed by atoms with Gasteiger partial charge < -0.3 is 9.47 Å². The average molecular weight is 291 g/mol. The number of aryl methyl sites for hydroxylation is 1. The topological polar surface area (TPSA) is 35.5 Å². The summed E-state index contributed by atoms with van der Waals surface area (Å²) in [5, 5.41) is 0.521. The van der Waals surface area contributed by atoms with Crippen LogP contribution in [-0.4, -0.2) is 20.0 Å². The molecule has 0 N–H and O–H groups in total. The van der Waals surface area contributed by atoms with E-state index in [2.05, 4.69) is 0 Å². The van der Waals surface area contributed by atoms with Crippen LogP contribution in [0.3, 0.4) is 0 Å². The number of ketones is 1. The Morgan fingerprint density at radius 3 is 2.20 bits per heavy atom. The average Bonchev–Trinajstić information content (AvgIpc) is 2.48. The first kappa shape index (κ1) is 14.4. The third kappa shape index (κ3) is 2.63. The van der Waals surface area contributed by atoms with Crippen molar-refractivity contribution >= 4 is 17.4 Å². The highest BCUT2D eigenvalue weighted by atomic mass is 35.5. The maximum atomic E-state index is 12.8. The molecule has 0 amide bonds. The smallest absolute Gasteiger partial charge is 0.200 e. The maximum Gasteiger partial charge on any atom is 0.200 e. The normalized spacial score (nSPS) is 10.2. The van der Waals surface area contributed by atoms with E-state index >= 15 is 0 Å². The number of methoxy groups -OCH3 is 2. The molecule has 0 aliphatic carbocycles. The first-order chi connectivity index (χ1) is 9.58. The van der Waals surface area contributed by atoms with Gasteiger partial charge in [0.15, 0.2) is 0 Å². The van der Waals surface area contributed by atoms with Crippen LogP contribution in [-0.2, 0) is 0 Å². The Morgan fingerprint density at radius 1 is 1.05 bits per heavy atom. The van der Waals surface area contributed by atoms with Crippen molar-refractivity contribution in [3.05, 3.63) is 58.1 Å². The predicted octanol–water partition coefficient (Wildman–Crippen LogP) is 3.90. The molecule has 0 atom stereocenters. The molecule has 0 aliphatic heterocycles. The largest absolute Gasteiger partial charge is 0.496 e. The molecule has 20 heavy (non-hydrogen) atoms. The second-order valence-corrected chi connectivity index (χ2v) is 4.76. The lowest BCUT2D eigenvalue weighted by Crippen LogP contribution is -2.08. The highest BCUT2D eigenvalue weighted by Crippen LogP contribution is 2.31. The van der Waals surface area contributed by atoms with Gasteiger partial charge >= 0.3 is 0 Å². The van der Waals surface area contributed by atoms with Crippen molar-refractivity contribution in [2.45, 2.75) is 6.92 Å². The summed E-state index contributed by atoms with van der Waals surface area (Å²) in [4.78, 5) is 12.8. The third-order valence-corrected chi connectivity index (χ3v) is 3.33. The van der Waals surface area contributed by atoms with Crippen molar-refractivity contribution in [2.24, 2.45) is 0 Å². The highest BCUT2D eigenvalue weighted by Gasteiger charge is 2.21. The van der Waals surface area contributed by atoms with E-state index in [0.717, 1.165) is 5.56 Å². The molecule has 2 aromatic rings. The van der Waals surface area contributed by atoms with E-state index in [1.165, 1.54) is 14.2 Å². The number of ether oxygens (including phenoxy) is 2. The molecule has 0 aromatic heterocycles. The fourth-order valence-electron chi connectivity index (χ4n) is 2.05. The lowest BCUT2D eigenvalue weighted by Gasteiger charge is -2.13. The van der Waals surface area contributed by atoms with Gasteiger partial charge in [-0.05, 0) is 36.8 Å². The van der Waals surface area contributed by atoms with Crippen LogP contribution in [0.2, 0.25) is 5.02 Å². The van der Waals surface area contributed by atoms with Gasteiger partial charge in [-0.1, -0.05) is 23.7 Å². The zero-order valence-corrected chi connectivity index (χ0v) is 12.3. The summed E-state index contributed by atoms with van der Waals surface area (Å²) >= 11 is 5.98. The van der Waals surface area contributed by atoms with E-state index in [0.29, 0.717) is 27.6 Å². The van der Waals surface area contributed by atoms with Crippen molar-refractivity contribution in [3.8, 4) is 11.5 Å². The summed E-state index contributed by atoms with van der Waals surface area (Å²) in [6.07, 6.45) is 0.